The number of halogens is 4. The van der Waals surface area contributed by atoms with Crippen LogP contribution >= 0.6 is 15.9 Å². The second-order valence-corrected chi connectivity index (χ2v) is 4.87. The van der Waals surface area contributed by atoms with Crippen molar-refractivity contribution in [2.75, 3.05) is 19.6 Å². The minimum Gasteiger partial charge on any atom is -0.329 e. The van der Waals surface area contributed by atoms with E-state index in [1.807, 2.05) is 11.8 Å². The predicted molar refractivity (Wildman–Crippen MR) is 69.1 cm³/mol. The van der Waals surface area contributed by atoms with Crippen molar-refractivity contribution >= 4 is 15.9 Å². The van der Waals surface area contributed by atoms with Crippen molar-refractivity contribution in [1.82, 2.24) is 4.90 Å². The second-order valence-electron chi connectivity index (χ2n) is 3.96. The van der Waals surface area contributed by atoms with Gasteiger partial charge in [-0.15, -0.1) is 0 Å². The van der Waals surface area contributed by atoms with Crippen molar-refractivity contribution in [1.29, 1.82) is 0 Å². The van der Waals surface area contributed by atoms with Gasteiger partial charge in [0.05, 0.1) is 5.56 Å². The molecule has 0 radical (unpaired) electrons. The summed E-state index contributed by atoms with van der Waals surface area (Å²) in [6.45, 7) is 3.86. The molecule has 1 aromatic carbocycles. The third-order valence-corrected chi connectivity index (χ3v) is 3.16. The van der Waals surface area contributed by atoms with E-state index in [1.54, 1.807) is 6.07 Å². The summed E-state index contributed by atoms with van der Waals surface area (Å²) in [5.74, 6) is 0. The Morgan fingerprint density at radius 1 is 1.33 bits per heavy atom. The average molecular weight is 325 g/mol. The zero-order valence-electron chi connectivity index (χ0n) is 10.1. The van der Waals surface area contributed by atoms with Gasteiger partial charge >= 0.3 is 6.18 Å². The van der Waals surface area contributed by atoms with Gasteiger partial charge in [-0.25, -0.2) is 0 Å². The first-order valence-electron chi connectivity index (χ1n) is 5.66. The first-order chi connectivity index (χ1) is 8.38. The Balaban J connectivity index is 3.01. The van der Waals surface area contributed by atoms with Gasteiger partial charge in [-0.1, -0.05) is 28.9 Å². The smallest absolute Gasteiger partial charge is 0.329 e. The van der Waals surface area contributed by atoms with Gasteiger partial charge in [0.15, 0.2) is 0 Å². The lowest BCUT2D eigenvalue weighted by molar-refractivity contribution is -0.138. The fourth-order valence-corrected chi connectivity index (χ4v) is 2.08. The molecule has 0 unspecified atom stereocenters. The van der Waals surface area contributed by atoms with E-state index in [9.17, 15) is 13.2 Å². The summed E-state index contributed by atoms with van der Waals surface area (Å²) in [6, 6.07) is 4.25. The van der Waals surface area contributed by atoms with E-state index in [0.29, 0.717) is 24.1 Å². The van der Waals surface area contributed by atoms with Crippen LogP contribution in [0.1, 0.15) is 18.1 Å². The number of likely N-dealkylation sites (N-methyl/N-ethyl adjacent to an activating group) is 1. The molecule has 6 heteroatoms. The number of hydrogen-bond acceptors (Lipinski definition) is 2. The number of benzene rings is 1. The fraction of sp³-hybridized carbons (Fsp3) is 0.500. The fourth-order valence-electron chi connectivity index (χ4n) is 1.72. The lowest BCUT2D eigenvalue weighted by atomic mass is 10.1. The summed E-state index contributed by atoms with van der Waals surface area (Å²) < 4.78 is 39.1. The predicted octanol–water partition coefficient (Wildman–Crippen LogP) is 3.25. The molecule has 1 rings (SSSR count). The molecule has 0 heterocycles. The van der Waals surface area contributed by atoms with Gasteiger partial charge in [0.25, 0.3) is 0 Å². The quantitative estimate of drug-likeness (QED) is 0.900. The molecule has 0 saturated carbocycles. The Bertz CT molecular complexity index is 393. The zero-order chi connectivity index (χ0) is 13.8. The summed E-state index contributed by atoms with van der Waals surface area (Å²) in [6.07, 6.45) is -4.33. The number of rotatable bonds is 5. The van der Waals surface area contributed by atoms with Crippen LogP contribution in [0, 0.1) is 0 Å². The van der Waals surface area contributed by atoms with Crippen LogP contribution in [0.3, 0.4) is 0 Å². The molecule has 0 atom stereocenters. The molecule has 102 valence electrons. The van der Waals surface area contributed by atoms with Crippen LogP contribution in [-0.4, -0.2) is 24.5 Å². The number of nitrogens with two attached hydrogens (primary N) is 1. The number of nitrogens with zero attached hydrogens (tertiary/aromatic N) is 1. The van der Waals surface area contributed by atoms with Gasteiger partial charge < -0.3 is 5.73 Å². The van der Waals surface area contributed by atoms with Crippen molar-refractivity contribution in [3.63, 3.8) is 0 Å². The molecule has 0 bridgehead atoms. The summed E-state index contributed by atoms with van der Waals surface area (Å²) in [4.78, 5) is 1.89. The molecule has 1 aromatic rings. The third-order valence-electron chi connectivity index (χ3n) is 2.66. The van der Waals surface area contributed by atoms with Crippen LogP contribution < -0.4 is 5.73 Å². The highest BCUT2D eigenvalue weighted by atomic mass is 79.9. The normalized spacial score (nSPS) is 12.2. The topological polar surface area (TPSA) is 29.3 Å². The van der Waals surface area contributed by atoms with Gasteiger partial charge in [0, 0.05) is 24.1 Å². The molecule has 0 spiro atoms. The molecule has 18 heavy (non-hydrogen) atoms. The molecule has 0 saturated heterocycles. The molecule has 0 amide bonds. The van der Waals surface area contributed by atoms with Gasteiger partial charge in [-0.05, 0) is 24.2 Å². The van der Waals surface area contributed by atoms with E-state index >= 15 is 0 Å². The molecule has 2 N–H and O–H groups in total. The molecule has 2 nitrogen and oxygen atoms in total. The highest BCUT2D eigenvalue weighted by Crippen LogP contribution is 2.34. The maximum Gasteiger partial charge on any atom is 0.416 e. The minimum atomic E-state index is -4.33. The van der Waals surface area contributed by atoms with E-state index in [-0.39, 0.29) is 12.1 Å². The van der Waals surface area contributed by atoms with Gasteiger partial charge in [-0.3, -0.25) is 4.90 Å². The van der Waals surface area contributed by atoms with E-state index in [2.05, 4.69) is 15.9 Å². The molecular weight excluding hydrogens is 309 g/mol. The van der Waals surface area contributed by atoms with Crippen molar-refractivity contribution in [3.05, 3.63) is 33.8 Å². The van der Waals surface area contributed by atoms with Crippen molar-refractivity contribution in [2.45, 2.75) is 19.6 Å². The first-order valence-corrected chi connectivity index (χ1v) is 6.45. The highest BCUT2D eigenvalue weighted by Gasteiger charge is 2.33. The number of alkyl halides is 3. The first kappa shape index (κ1) is 15.5. The van der Waals surface area contributed by atoms with Crippen LogP contribution in [0.15, 0.2) is 22.7 Å². The van der Waals surface area contributed by atoms with Crippen LogP contribution in [0.2, 0.25) is 0 Å². The Labute approximate surface area is 113 Å². The van der Waals surface area contributed by atoms with Crippen LogP contribution in [0.25, 0.3) is 0 Å². The van der Waals surface area contributed by atoms with E-state index in [1.165, 1.54) is 6.07 Å². The molecule has 0 fully saturated rings. The monoisotopic (exact) mass is 324 g/mol. The largest absolute Gasteiger partial charge is 0.416 e. The number of hydrogen-bond donors (Lipinski definition) is 1. The summed E-state index contributed by atoms with van der Waals surface area (Å²) in [7, 11) is 0. The van der Waals surface area contributed by atoms with Crippen molar-refractivity contribution in [2.24, 2.45) is 5.73 Å². The van der Waals surface area contributed by atoms with Crippen molar-refractivity contribution < 1.29 is 13.2 Å². The minimum absolute atomic E-state index is 0.260. The molecule has 0 aliphatic heterocycles. The maximum atomic E-state index is 12.9. The standard InChI is InChI=1S/C12H16BrF3N2/c1-2-18(6-5-17)8-9-3-4-10(13)7-11(9)12(14,15)16/h3-4,7H,2,5-6,8,17H2,1H3. The van der Waals surface area contributed by atoms with Crippen LogP contribution in [0.5, 0.6) is 0 Å². The van der Waals surface area contributed by atoms with Gasteiger partial charge in [-0.2, -0.15) is 13.2 Å². The molecular formula is C12H16BrF3N2. The van der Waals surface area contributed by atoms with Gasteiger partial charge in [0.1, 0.15) is 0 Å². The molecule has 0 aliphatic rings. The zero-order valence-corrected chi connectivity index (χ0v) is 11.7. The lowest BCUT2D eigenvalue weighted by Crippen LogP contribution is -2.29. The average Bonchev–Trinajstić information content (AvgIpc) is 2.29. The lowest BCUT2D eigenvalue weighted by Gasteiger charge is -2.22. The Hall–Kier alpha value is -0.590. The van der Waals surface area contributed by atoms with Crippen LogP contribution in [-0.2, 0) is 12.7 Å². The summed E-state index contributed by atoms with van der Waals surface area (Å²) in [5, 5.41) is 0. The van der Waals surface area contributed by atoms with E-state index in [4.69, 9.17) is 5.73 Å². The highest BCUT2D eigenvalue weighted by molar-refractivity contribution is 9.10. The summed E-state index contributed by atoms with van der Waals surface area (Å²) in [5.41, 5.74) is 5.12. The molecule has 0 aromatic heterocycles. The van der Waals surface area contributed by atoms with Gasteiger partial charge in [0.2, 0.25) is 0 Å². The Morgan fingerprint density at radius 3 is 2.50 bits per heavy atom. The Morgan fingerprint density at radius 2 is 2.00 bits per heavy atom. The Kier molecular flexibility index (Phi) is 5.62. The second kappa shape index (κ2) is 6.54. The third kappa shape index (κ3) is 4.26. The van der Waals surface area contributed by atoms with E-state index < -0.39 is 11.7 Å². The SMILES string of the molecule is CCN(CCN)Cc1ccc(Br)cc1C(F)(F)F. The summed E-state index contributed by atoms with van der Waals surface area (Å²) >= 11 is 3.07. The van der Waals surface area contributed by atoms with Crippen LogP contribution in [0.4, 0.5) is 13.2 Å². The van der Waals surface area contributed by atoms with E-state index in [0.717, 1.165) is 6.07 Å². The maximum absolute atomic E-state index is 12.9. The van der Waals surface area contributed by atoms with Crippen molar-refractivity contribution in [3.8, 4) is 0 Å². The molecule has 0 aliphatic carbocycles.